The molecule has 0 saturated heterocycles. The van der Waals surface area contributed by atoms with E-state index in [-0.39, 0.29) is 6.03 Å². The zero-order chi connectivity index (χ0) is 15.9. The summed E-state index contributed by atoms with van der Waals surface area (Å²) in [6.07, 6.45) is 0. The van der Waals surface area contributed by atoms with E-state index in [4.69, 9.17) is 4.74 Å². The van der Waals surface area contributed by atoms with Crippen molar-refractivity contribution < 1.29 is 9.53 Å². The Balaban J connectivity index is 1.87. The number of carbonyl (C=O) groups excluding carboxylic acids is 1. The van der Waals surface area contributed by atoms with Gasteiger partial charge in [-0.05, 0) is 42.0 Å². The van der Waals surface area contributed by atoms with Crippen molar-refractivity contribution in [3.8, 4) is 5.75 Å². The number of nitrogens with one attached hydrogen (secondary N) is 2. The van der Waals surface area contributed by atoms with Crippen molar-refractivity contribution in [2.45, 2.75) is 6.54 Å². The standard InChI is InChI=1S/C17H21N3O2/c1-20(2)15-9-7-14(8-10-15)19-17(21)18-12-13-5-4-6-16(11-13)22-3/h4-11H,12H2,1-3H3,(H2,18,19,21). The lowest BCUT2D eigenvalue weighted by Crippen LogP contribution is -2.28. The fraction of sp³-hybridized carbons (Fsp3) is 0.235. The second-order valence-corrected chi connectivity index (χ2v) is 5.10. The molecule has 116 valence electrons. The fourth-order valence-electron chi connectivity index (χ4n) is 1.98. The summed E-state index contributed by atoms with van der Waals surface area (Å²) in [6.45, 7) is 0.443. The summed E-state index contributed by atoms with van der Waals surface area (Å²) >= 11 is 0. The lowest BCUT2D eigenvalue weighted by Gasteiger charge is -2.13. The van der Waals surface area contributed by atoms with Crippen molar-refractivity contribution in [1.82, 2.24) is 5.32 Å². The van der Waals surface area contributed by atoms with Gasteiger partial charge in [-0.1, -0.05) is 12.1 Å². The van der Waals surface area contributed by atoms with Crippen LogP contribution in [0.1, 0.15) is 5.56 Å². The van der Waals surface area contributed by atoms with Crippen molar-refractivity contribution in [1.29, 1.82) is 0 Å². The predicted octanol–water partition coefficient (Wildman–Crippen LogP) is 3.08. The molecule has 5 heteroatoms. The lowest BCUT2D eigenvalue weighted by atomic mass is 10.2. The minimum atomic E-state index is -0.236. The Morgan fingerprint density at radius 1 is 1.14 bits per heavy atom. The van der Waals surface area contributed by atoms with Crippen LogP contribution >= 0.6 is 0 Å². The first-order chi connectivity index (χ1) is 10.6. The van der Waals surface area contributed by atoms with E-state index in [2.05, 4.69) is 10.6 Å². The van der Waals surface area contributed by atoms with Gasteiger partial charge in [0.15, 0.2) is 0 Å². The predicted molar refractivity (Wildman–Crippen MR) is 89.6 cm³/mol. The van der Waals surface area contributed by atoms with Gasteiger partial charge >= 0.3 is 6.03 Å². The highest BCUT2D eigenvalue weighted by atomic mass is 16.5. The van der Waals surface area contributed by atoms with Crippen molar-refractivity contribution >= 4 is 17.4 Å². The Morgan fingerprint density at radius 3 is 2.50 bits per heavy atom. The number of urea groups is 1. The number of carbonyl (C=O) groups is 1. The molecule has 2 aromatic rings. The van der Waals surface area contributed by atoms with Crippen LogP contribution in [0.25, 0.3) is 0 Å². The minimum Gasteiger partial charge on any atom is -0.497 e. The molecular formula is C17H21N3O2. The number of hydrogen-bond donors (Lipinski definition) is 2. The number of nitrogens with zero attached hydrogens (tertiary/aromatic N) is 1. The summed E-state index contributed by atoms with van der Waals surface area (Å²) in [7, 11) is 5.57. The van der Waals surface area contributed by atoms with E-state index in [1.54, 1.807) is 7.11 Å². The topological polar surface area (TPSA) is 53.6 Å². The second-order valence-electron chi connectivity index (χ2n) is 5.10. The van der Waals surface area contributed by atoms with Gasteiger partial charge in [0.25, 0.3) is 0 Å². The molecule has 0 bridgehead atoms. The monoisotopic (exact) mass is 299 g/mol. The zero-order valence-electron chi connectivity index (χ0n) is 13.1. The fourth-order valence-corrected chi connectivity index (χ4v) is 1.98. The quantitative estimate of drug-likeness (QED) is 0.892. The molecule has 22 heavy (non-hydrogen) atoms. The Hall–Kier alpha value is -2.69. The third-order valence-corrected chi connectivity index (χ3v) is 3.23. The molecule has 2 N–H and O–H groups in total. The van der Waals surface area contributed by atoms with Gasteiger partial charge in [0.1, 0.15) is 5.75 Å². The van der Waals surface area contributed by atoms with E-state index < -0.39 is 0 Å². The van der Waals surface area contributed by atoms with Crippen LogP contribution in [0.15, 0.2) is 48.5 Å². The second kappa shape index (κ2) is 7.36. The van der Waals surface area contributed by atoms with Crippen LogP contribution in [0.4, 0.5) is 16.2 Å². The molecule has 0 radical (unpaired) electrons. The van der Waals surface area contributed by atoms with Gasteiger partial charge in [-0.15, -0.1) is 0 Å². The van der Waals surface area contributed by atoms with Gasteiger partial charge in [0.05, 0.1) is 7.11 Å². The first kappa shape index (κ1) is 15.7. The molecule has 0 saturated carbocycles. The minimum absolute atomic E-state index is 0.236. The molecule has 2 rings (SSSR count). The normalized spacial score (nSPS) is 9.95. The molecule has 0 fully saturated rings. The molecule has 0 atom stereocenters. The maximum atomic E-state index is 11.9. The molecule has 0 heterocycles. The van der Waals surface area contributed by atoms with Gasteiger partial charge in [0.2, 0.25) is 0 Å². The Bertz CT molecular complexity index is 624. The molecule has 5 nitrogen and oxygen atoms in total. The number of anilines is 2. The van der Waals surface area contributed by atoms with Gasteiger partial charge in [-0.2, -0.15) is 0 Å². The number of hydrogen-bond acceptors (Lipinski definition) is 3. The largest absolute Gasteiger partial charge is 0.497 e. The Labute approximate surface area is 130 Å². The average Bonchev–Trinajstić information content (AvgIpc) is 2.53. The highest BCUT2D eigenvalue weighted by Crippen LogP contribution is 2.15. The summed E-state index contributed by atoms with van der Waals surface area (Å²) in [5, 5.41) is 5.63. The molecule has 0 aliphatic carbocycles. The van der Waals surface area contributed by atoms with E-state index in [1.165, 1.54) is 0 Å². The van der Waals surface area contributed by atoms with Crippen LogP contribution in [0, 0.1) is 0 Å². The zero-order valence-corrected chi connectivity index (χ0v) is 13.1. The number of amides is 2. The van der Waals surface area contributed by atoms with Crippen molar-refractivity contribution in [3.63, 3.8) is 0 Å². The van der Waals surface area contributed by atoms with Crippen LogP contribution in [0.2, 0.25) is 0 Å². The van der Waals surface area contributed by atoms with E-state index in [1.807, 2.05) is 67.5 Å². The maximum Gasteiger partial charge on any atom is 0.319 e. The van der Waals surface area contributed by atoms with Crippen LogP contribution in [0.3, 0.4) is 0 Å². The molecule has 0 aliphatic rings. The summed E-state index contributed by atoms with van der Waals surface area (Å²) < 4.78 is 5.16. The summed E-state index contributed by atoms with van der Waals surface area (Å²) in [4.78, 5) is 13.9. The number of ether oxygens (including phenoxy) is 1. The van der Waals surface area contributed by atoms with E-state index in [9.17, 15) is 4.79 Å². The van der Waals surface area contributed by atoms with Crippen LogP contribution in [-0.2, 0) is 6.54 Å². The van der Waals surface area contributed by atoms with Crippen molar-refractivity contribution in [2.75, 3.05) is 31.4 Å². The smallest absolute Gasteiger partial charge is 0.319 e. The number of rotatable bonds is 5. The number of methoxy groups -OCH3 is 1. The third kappa shape index (κ3) is 4.41. The van der Waals surface area contributed by atoms with Crippen LogP contribution < -0.4 is 20.3 Å². The highest BCUT2D eigenvalue weighted by molar-refractivity contribution is 5.89. The van der Waals surface area contributed by atoms with Gasteiger partial charge in [-0.3, -0.25) is 0 Å². The van der Waals surface area contributed by atoms with Crippen LogP contribution in [-0.4, -0.2) is 27.2 Å². The van der Waals surface area contributed by atoms with Gasteiger partial charge in [-0.25, -0.2) is 4.79 Å². The molecule has 0 aromatic heterocycles. The van der Waals surface area contributed by atoms with Crippen molar-refractivity contribution in [2.24, 2.45) is 0 Å². The van der Waals surface area contributed by atoms with Gasteiger partial charge < -0.3 is 20.3 Å². The third-order valence-electron chi connectivity index (χ3n) is 3.23. The highest BCUT2D eigenvalue weighted by Gasteiger charge is 2.03. The molecule has 2 aromatic carbocycles. The Morgan fingerprint density at radius 2 is 1.86 bits per heavy atom. The summed E-state index contributed by atoms with van der Waals surface area (Å²) in [5.41, 5.74) is 2.83. The lowest BCUT2D eigenvalue weighted by molar-refractivity contribution is 0.251. The first-order valence-electron chi connectivity index (χ1n) is 7.03. The Kier molecular flexibility index (Phi) is 5.25. The maximum absolute atomic E-state index is 11.9. The van der Waals surface area contributed by atoms with Crippen molar-refractivity contribution in [3.05, 3.63) is 54.1 Å². The average molecular weight is 299 g/mol. The summed E-state index contributed by atoms with van der Waals surface area (Å²) in [5.74, 6) is 0.777. The molecule has 2 amide bonds. The van der Waals surface area contributed by atoms with Crippen LogP contribution in [0.5, 0.6) is 5.75 Å². The molecular weight excluding hydrogens is 278 g/mol. The molecule has 0 spiro atoms. The van der Waals surface area contributed by atoms with E-state index in [0.717, 1.165) is 22.7 Å². The molecule has 0 aliphatic heterocycles. The first-order valence-corrected chi connectivity index (χ1v) is 7.03. The molecule has 0 unspecified atom stereocenters. The van der Waals surface area contributed by atoms with Gasteiger partial charge in [0, 0.05) is 32.0 Å². The summed E-state index contributed by atoms with van der Waals surface area (Å²) in [6, 6.07) is 15.0. The van der Waals surface area contributed by atoms with E-state index in [0.29, 0.717) is 6.54 Å². The SMILES string of the molecule is COc1cccc(CNC(=O)Nc2ccc(N(C)C)cc2)c1. The van der Waals surface area contributed by atoms with E-state index >= 15 is 0 Å². The number of benzene rings is 2.